The van der Waals surface area contributed by atoms with Crippen LogP contribution in [0, 0.1) is 6.92 Å². The highest BCUT2D eigenvalue weighted by Gasteiger charge is 2.17. The van der Waals surface area contributed by atoms with E-state index in [1.807, 2.05) is 26.8 Å². The lowest BCUT2D eigenvalue weighted by molar-refractivity contribution is 0.120. The molecule has 19 heavy (non-hydrogen) atoms. The highest BCUT2D eigenvalue weighted by atomic mass is 32.2. The van der Waals surface area contributed by atoms with Gasteiger partial charge in [-0.3, -0.25) is 4.79 Å². The molecule has 1 aromatic heterocycles. The molecule has 2 heterocycles. The average molecular weight is 281 g/mol. The summed E-state index contributed by atoms with van der Waals surface area (Å²) in [5, 5.41) is 0. The number of hydrogen-bond acceptors (Lipinski definition) is 5. The number of anilines is 1. The summed E-state index contributed by atoms with van der Waals surface area (Å²) in [7, 11) is 0. The van der Waals surface area contributed by atoms with Crippen molar-refractivity contribution in [3.63, 3.8) is 0 Å². The molecule has 2 rings (SSSR count). The maximum Gasteiger partial charge on any atom is 0.201 e. The van der Waals surface area contributed by atoms with Crippen LogP contribution in [0.1, 0.15) is 19.6 Å². The summed E-state index contributed by atoms with van der Waals surface area (Å²) < 4.78 is 11.1. The van der Waals surface area contributed by atoms with Crippen molar-refractivity contribution in [1.29, 1.82) is 0 Å². The molecule has 1 aliphatic heterocycles. The fourth-order valence-electron chi connectivity index (χ4n) is 1.87. The van der Waals surface area contributed by atoms with E-state index in [1.165, 1.54) is 11.8 Å². The number of thioether (sulfide) groups is 1. The SMILES string of the molecule is C/C=C(\C)Sc1c(C)oc(N2CCOCC2)cc1=O. The van der Waals surface area contributed by atoms with E-state index in [-0.39, 0.29) is 5.43 Å². The van der Waals surface area contributed by atoms with Crippen LogP contribution in [0.2, 0.25) is 0 Å². The topological polar surface area (TPSA) is 42.7 Å². The minimum atomic E-state index is 0.0245. The molecular formula is C14H19NO3S. The zero-order valence-electron chi connectivity index (χ0n) is 11.6. The number of rotatable bonds is 3. The largest absolute Gasteiger partial charge is 0.444 e. The fourth-order valence-corrected chi connectivity index (χ4v) is 2.65. The Morgan fingerprint density at radius 2 is 2.11 bits per heavy atom. The van der Waals surface area contributed by atoms with Gasteiger partial charge in [0.2, 0.25) is 5.43 Å². The molecular weight excluding hydrogens is 262 g/mol. The first kappa shape index (κ1) is 14.2. The fraction of sp³-hybridized carbons (Fsp3) is 0.500. The van der Waals surface area contributed by atoms with E-state index in [9.17, 15) is 4.79 Å². The minimum Gasteiger partial charge on any atom is -0.444 e. The van der Waals surface area contributed by atoms with Gasteiger partial charge in [-0.2, -0.15) is 0 Å². The Labute approximate surface area is 117 Å². The van der Waals surface area contributed by atoms with Crippen LogP contribution in [0.15, 0.2) is 31.2 Å². The second kappa shape index (κ2) is 6.30. The first-order valence-corrected chi connectivity index (χ1v) is 7.21. The van der Waals surface area contributed by atoms with Gasteiger partial charge in [-0.15, -0.1) is 0 Å². The maximum absolute atomic E-state index is 12.2. The zero-order chi connectivity index (χ0) is 13.8. The van der Waals surface area contributed by atoms with Crippen LogP contribution in [-0.4, -0.2) is 26.3 Å². The van der Waals surface area contributed by atoms with Crippen molar-refractivity contribution < 1.29 is 9.15 Å². The lowest BCUT2D eigenvalue weighted by Gasteiger charge is -2.27. The third-order valence-electron chi connectivity index (χ3n) is 3.05. The third-order valence-corrected chi connectivity index (χ3v) is 4.30. The number of morpholine rings is 1. The van der Waals surface area contributed by atoms with Crippen molar-refractivity contribution in [3.8, 4) is 0 Å². The quantitative estimate of drug-likeness (QED) is 0.797. The van der Waals surface area contributed by atoms with E-state index in [0.29, 0.717) is 29.8 Å². The number of hydrogen-bond donors (Lipinski definition) is 0. The Hall–Kier alpha value is -1.20. The van der Waals surface area contributed by atoms with Crippen LogP contribution in [-0.2, 0) is 4.74 Å². The maximum atomic E-state index is 12.2. The van der Waals surface area contributed by atoms with E-state index in [0.717, 1.165) is 18.0 Å². The zero-order valence-corrected chi connectivity index (χ0v) is 12.4. The molecule has 4 nitrogen and oxygen atoms in total. The molecule has 0 radical (unpaired) electrons. The molecule has 0 aliphatic carbocycles. The molecule has 0 bridgehead atoms. The Kier molecular flexibility index (Phi) is 4.71. The molecule has 0 amide bonds. The van der Waals surface area contributed by atoms with Gasteiger partial charge in [0.1, 0.15) is 5.76 Å². The second-order valence-electron chi connectivity index (χ2n) is 4.44. The number of aryl methyl sites for hydroxylation is 1. The summed E-state index contributed by atoms with van der Waals surface area (Å²) >= 11 is 1.46. The van der Waals surface area contributed by atoms with Gasteiger partial charge in [-0.25, -0.2) is 0 Å². The third kappa shape index (κ3) is 3.42. The summed E-state index contributed by atoms with van der Waals surface area (Å²) in [5.74, 6) is 1.33. The number of nitrogens with zero attached hydrogens (tertiary/aromatic N) is 1. The van der Waals surface area contributed by atoms with Gasteiger partial charge in [-0.05, 0) is 25.7 Å². The van der Waals surface area contributed by atoms with Crippen molar-refractivity contribution in [3.05, 3.63) is 33.0 Å². The Morgan fingerprint density at radius 1 is 1.42 bits per heavy atom. The van der Waals surface area contributed by atoms with Crippen LogP contribution < -0.4 is 10.3 Å². The number of allylic oxidation sites excluding steroid dienone is 2. The van der Waals surface area contributed by atoms with Gasteiger partial charge in [0.05, 0.1) is 18.1 Å². The summed E-state index contributed by atoms with van der Waals surface area (Å²) in [6.07, 6.45) is 1.99. The van der Waals surface area contributed by atoms with Gasteiger partial charge < -0.3 is 14.1 Å². The first-order valence-electron chi connectivity index (χ1n) is 6.40. The van der Waals surface area contributed by atoms with Crippen molar-refractivity contribution >= 4 is 17.6 Å². The van der Waals surface area contributed by atoms with Gasteiger partial charge >= 0.3 is 0 Å². The molecule has 0 unspecified atom stereocenters. The van der Waals surface area contributed by atoms with Crippen molar-refractivity contribution in [1.82, 2.24) is 0 Å². The molecule has 0 atom stereocenters. The minimum absolute atomic E-state index is 0.0245. The Bertz CT molecular complexity index is 530. The van der Waals surface area contributed by atoms with Gasteiger partial charge in [-0.1, -0.05) is 17.8 Å². The molecule has 0 saturated carbocycles. The molecule has 0 spiro atoms. The van der Waals surface area contributed by atoms with Crippen LogP contribution in [0.25, 0.3) is 0 Å². The summed E-state index contributed by atoms with van der Waals surface area (Å²) in [6, 6.07) is 1.59. The molecule has 1 fully saturated rings. The first-order chi connectivity index (χ1) is 9.11. The van der Waals surface area contributed by atoms with E-state index >= 15 is 0 Å². The lowest BCUT2D eigenvalue weighted by Crippen LogP contribution is -2.36. The van der Waals surface area contributed by atoms with Crippen LogP contribution in [0.5, 0.6) is 0 Å². The van der Waals surface area contributed by atoms with Crippen molar-refractivity contribution in [2.75, 3.05) is 31.2 Å². The van der Waals surface area contributed by atoms with E-state index in [4.69, 9.17) is 9.15 Å². The summed E-state index contributed by atoms with van der Waals surface area (Å²) in [6.45, 7) is 8.68. The van der Waals surface area contributed by atoms with Crippen LogP contribution in [0.4, 0.5) is 5.88 Å². The molecule has 1 aromatic rings. The monoisotopic (exact) mass is 281 g/mol. The van der Waals surface area contributed by atoms with E-state index in [2.05, 4.69) is 4.90 Å². The van der Waals surface area contributed by atoms with Crippen molar-refractivity contribution in [2.45, 2.75) is 25.7 Å². The van der Waals surface area contributed by atoms with Gasteiger partial charge in [0, 0.05) is 19.2 Å². The normalized spacial score (nSPS) is 16.8. The van der Waals surface area contributed by atoms with Gasteiger partial charge in [0.15, 0.2) is 5.88 Å². The highest BCUT2D eigenvalue weighted by Crippen LogP contribution is 2.28. The smallest absolute Gasteiger partial charge is 0.201 e. The van der Waals surface area contributed by atoms with Gasteiger partial charge in [0.25, 0.3) is 0 Å². The van der Waals surface area contributed by atoms with Crippen LogP contribution >= 0.6 is 11.8 Å². The second-order valence-corrected chi connectivity index (χ2v) is 5.69. The lowest BCUT2D eigenvalue weighted by atomic mass is 10.3. The number of ether oxygens (including phenoxy) is 1. The highest BCUT2D eigenvalue weighted by molar-refractivity contribution is 8.03. The summed E-state index contributed by atoms with van der Waals surface area (Å²) in [5.41, 5.74) is 0.0245. The van der Waals surface area contributed by atoms with Crippen LogP contribution in [0.3, 0.4) is 0 Å². The Balaban J connectivity index is 2.28. The predicted molar refractivity (Wildman–Crippen MR) is 78.0 cm³/mol. The molecule has 0 aromatic carbocycles. The predicted octanol–water partition coefficient (Wildman–Crippen LogP) is 2.80. The van der Waals surface area contributed by atoms with Crippen molar-refractivity contribution in [2.24, 2.45) is 0 Å². The molecule has 1 aliphatic rings. The van der Waals surface area contributed by atoms with E-state index < -0.39 is 0 Å². The average Bonchev–Trinajstić information content (AvgIpc) is 2.43. The molecule has 104 valence electrons. The summed E-state index contributed by atoms with van der Waals surface area (Å²) in [4.78, 5) is 16.0. The molecule has 0 N–H and O–H groups in total. The standard InChI is InChI=1S/C14H19NO3S/c1-4-10(2)19-14-11(3)18-13(9-12(14)16)15-5-7-17-8-6-15/h4,9H,5-8H2,1-3H3/b10-4+. The van der Waals surface area contributed by atoms with E-state index in [1.54, 1.807) is 6.07 Å². The Morgan fingerprint density at radius 3 is 2.68 bits per heavy atom. The molecule has 5 heteroatoms. The molecule has 1 saturated heterocycles.